The number of nitrogens with zero attached hydrogens (tertiary/aromatic N) is 5. The molecule has 1 fully saturated rings. The third-order valence-electron chi connectivity index (χ3n) is 8.98. The van der Waals surface area contributed by atoms with Crippen LogP contribution in [-0.2, 0) is 22.5 Å². The normalized spacial score (nSPS) is 17.3. The molecular weight excluding hydrogens is 554 g/mol. The summed E-state index contributed by atoms with van der Waals surface area (Å²) in [6.07, 6.45) is 3.33. The van der Waals surface area contributed by atoms with E-state index >= 15 is 0 Å². The van der Waals surface area contributed by atoms with E-state index in [-0.39, 0.29) is 5.41 Å². The molecule has 0 bridgehead atoms. The molecule has 9 nitrogen and oxygen atoms in total. The van der Waals surface area contributed by atoms with Crippen molar-refractivity contribution >= 4 is 17.5 Å². The van der Waals surface area contributed by atoms with E-state index in [4.69, 9.17) is 14.5 Å². The maximum Gasteiger partial charge on any atom is 0.337 e. The molecule has 2 aliphatic rings. The summed E-state index contributed by atoms with van der Waals surface area (Å²) in [5.74, 6) is 0.488. The average molecular weight is 602 g/mol. The highest BCUT2D eigenvalue weighted by molar-refractivity contribution is 5.88. The van der Waals surface area contributed by atoms with Crippen LogP contribution < -0.4 is 14.5 Å². The van der Waals surface area contributed by atoms with Crippen molar-refractivity contribution in [3.63, 3.8) is 0 Å². The minimum atomic E-state index is -1.13. The molecule has 0 radical (unpaired) electrons. The van der Waals surface area contributed by atoms with Crippen LogP contribution in [0, 0.1) is 26.2 Å². The molecule has 0 saturated carbocycles. The zero-order chi connectivity index (χ0) is 32.0. The predicted molar refractivity (Wildman–Crippen MR) is 174 cm³/mol. The number of pyridine rings is 1. The lowest BCUT2D eigenvalue weighted by Crippen LogP contribution is -2.39. The van der Waals surface area contributed by atoms with Crippen LogP contribution in [-0.4, -0.2) is 58.4 Å². The quantitative estimate of drug-likeness (QED) is 0.321. The van der Waals surface area contributed by atoms with Crippen molar-refractivity contribution in [3.05, 3.63) is 58.2 Å². The molecule has 236 valence electrons. The second-order valence-corrected chi connectivity index (χ2v) is 14.0. The van der Waals surface area contributed by atoms with Crippen molar-refractivity contribution in [3.8, 4) is 17.0 Å². The van der Waals surface area contributed by atoms with Gasteiger partial charge in [0, 0.05) is 48.7 Å². The minimum Gasteiger partial charge on any atom is -0.481 e. The molecule has 0 aliphatic carbocycles. The van der Waals surface area contributed by atoms with Crippen molar-refractivity contribution in [2.75, 3.05) is 36.5 Å². The summed E-state index contributed by atoms with van der Waals surface area (Å²) in [7, 11) is 1.63. The molecule has 1 saturated heterocycles. The molecule has 1 unspecified atom stereocenters. The number of aryl methyl sites for hydroxylation is 2. The molecule has 1 aromatic carbocycles. The number of rotatable bonds is 7. The largest absolute Gasteiger partial charge is 0.481 e. The number of carboxylic acids is 1. The Bertz CT molecular complexity index is 1550. The molecule has 2 aromatic heterocycles. The Morgan fingerprint density at radius 1 is 1.00 bits per heavy atom. The van der Waals surface area contributed by atoms with Crippen LogP contribution in [0.4, 0.5) is 11.5 Å². The van der Waals surface area contributed by atoms with Crippen molar-refractivity contribution in [1.29, 1.82) is 0 Å². The number of hydrogen-bond acceptors (Lipinski definition) is 8. The van der Waals surface area contributed by atoms with Gasteiger partial charge in [-0.2, -0.15) is 0 Å². The van der Waals surface area contributed by atoms with Gasteiger partial charge in [-0.3, -0.25) is 4.98 Å². The van der Waals surface area contributed by atoms with E-state index in [2.05, 4.69) is 51.8 Å². The minimum absolute atomic E-state index is 0.242. The number of aromatic nitrogens is 3. The van der Waals surface area contributed by atoms with Gasteiger partial charge in [0.1, 0.15) is 12.1 Å². The number of carbonyl (C=O) groups is 1. The van der Waals surface area contributed by atoms with Crippen LogP contribution in [0.1, 0.15) is 87.2 Å². The molecule has 4 heterocycles. The van der Waals surface area contributed by atoms with Gasteiger partial charge in [-0.15, -0.1) is 0 Å². The van der Waals surface area contributed by atoms with Crippen molar-refractivity contribution < 1.29 is 19.4 Å². The second-order valence-electron chi connectivity index (χ2n) is 14.0. The first kappa shape index (κ1) is 31.7. The van der Waals surface area contributed by atoms with Gasteiger partial charge in [-0.1, -0.05) is 32.0 Å². The second kappa shape index (κ2) is 12.0. The summed E-state index contributed by atoms with van der Waals surface area (Å²) in [6, 6.07) is 6.64. The van der Waals surface area contributed by atoms with Gasteiger partial charge in [0.05, 0.1) is 24.0 Å². The lowest BCUT2D eigenvalue weighted by atomic mass is 9.81. The molecule has 9 heteroatoms. The van der Waals surface area contributed by atoms with E-state index in [0.29, 0.717) is 17.1 Å². The summed E-state index contributed by atoms with van der Waals surface area (Å²) in [6.45, 7) is 19.5. The Kier molecular flexibility index (Phi) is 8.64. The van der Waals surface area contributed by atoms with E-state index < -0.39 is 17.7 Å². The Balaban J connectivity index is 1.61. The first-order chi connectivity index (χ1) is 20.7. The van der Waals surface area contributed by atoms with Crippen LogP contribution in [0.2, 0.25) is 0 Å². The number of benzene rings is 1. The van der Waals surface area contributed by atoms with Crippen LogP contribution in [0.15, 0.2) is 24.5 Å². The summed E-state index contributed by atoms with van der Waals surface area (Å²) >= 11 is 0. The first-order valence-electron chi connectivity index (χ1n) is 15.6. The number of hydrogen-bond donors (Lipinski definition) is 1. The SMILES string of the molecule is COc1ncnc(N2CCc3cc(-c4c(C)nc(C)c(C(OC(C)(C)C)C(=O)O)c4N4CCC(C)(C)CC4)ccc3C2)c1C. The predicted octanol–water partition coefficient (Wildman–Crippen LogP) is 6.60. The molecule has 0 amide bonds. The van der Waals surface area contributed by atoms with Crippen molar-refractivity contribution in [2.24, 2.45) is 5.41 Å². The Morgan fingerprint density at radius 2 is 1.70 bits per heavy atom. The highest BCUT2D eigenvalue weighted by atomic mass is 16.5. The zero-order valence-corrected chi connectivity index (χ0v) is 27.7. The lowest BCUT2D eigenvalue weighted by Gasteiger charge is -2.41. The molecule has 5 rings (SSSR count). The summed E-state index contributed by atoms with van der Waals surface area (Å²) in [4.78, 5) is 31.2. The Hall–Kier alpha value is -3.72. The molecule has 1 atom stereocenters. The van der Waals surface area contributed by atoms with E-state index in [1.807, 2.05) is 41.5 Å². The Labute approximate surface area is 261 Å². The van der Waals surface area contributed by atoms with Gasteiger partial charge >= 0.3 is 5.97 Å². The van der Waals surface area contributed by atoms with E-state index in [1.54, 1.807) is 13.4 Å². The maximum absolute atomic E-state index is 12.8. The van der Waals surface area contributed by atoms with Crippen molar-refractivity contribution in [1.82, 2.24) is 15.0 Å². The maximum atomic E-state index is 12.8. The van der Waals surface area contributed by atoms with Crippen LogP contribution in [0.3, 0.4) is 0 Å². The smallest absolute Gasteiger partial charge is 0.337 e. The summed E-state index contributed by atoms with van der Waals surface area (Å²) < 4.78 is 11.7. The van der Waals surface area contributed by atoms with E-state index in [9.17, 15) is 9.90 Å². The molecule has 2 aliphatic heterocycles. The number of anilines is 2. The fourth-order valence-corrected chi connectivity index (χ4v) is 6.59. The summed E-state index contributed by atoms with van der Waals surface area (Å²) in [5.41, 5.74) is 8.31. The standard InChI is InChI=1S/C35H47N5O4/c1-21-31(36-20-37-32(21)43-9)40-15-12-24-18-25(10-11-26(24)19-40)27-22(2)38-23(3)28(30(33(41)42)44-34(4,5)6)29(27)39-16-13-35(7,8)14-17-39/h10-11,18,20,30H,12-17,19H2,1-9H3,(H,41,42). The number of methoxy groups -OCH3 is 1. The average Bonchev–Trinajstić information content (AvgIpc) is 2.95. The fourth-order valence-electron chi connectivity index (χ4n) is 6.59. The molecule has 3 aromatic rings. The van der Waals surface area contributed by atoms with Crippen LogP contribution in [0.25, 0.3) is 11.1 Å². The number of ether oxygens (including phenoxy) is 2. The number of aliphatic carboxylic acids is 1. The highest BCUT2D eigenvalue weighted by Gasteiger charge is 2.36. The third kappa shape index (κ3) is 6.39. The topological polar surface area (TPSA) is 101 Å². The molecule has 1 N–H and O–H groups in total. The van der Waals surface area contributed by atoms with E-state index in [1.165, 1.54) is 11.1 Å². The highest BCUT2D eigenvalue weighted by Crippen LogP contribution is 2.45. The Morgan fingerprint density at radius 3 is 2.34 bits per heavy atom. The molecular formula is C35H47N5O4. The number of piperidine rings is 1. The van der Waals surface area contributed by atoms with Crippen LogP contribution >= 0.6 is 0 Å². The zero-order valence-electron chi connectivity index (χ0n) is 27.7. The monoisotopic (exact) mass is 601 g/mol. The van der Waals surface area contributed by atoms with Gasteiger partial charge in [0.25, 0.3) is 0 Å². The molecule has 0 spiro atoms. The van der Waals surface area contributed by atoms with Gasteiger partial charge in [0.15, 0.2) is 6.10 Å². The first-order valence-corrected chi connectivity index (χ1v) is 15.6. The summed E-state index contributed by atoms with van der Waals surface area (Å²) in [5, 5.41) is 10.5. The van der Waals surface area contributed by atoms with Gasteiger partial charge in [-0.25, -0.2) is 14.8 Å². The van der Waals surface area contributed by atoms with Crippen molar-refractivity contribution in [2.45, 2.75) is 92.9 Å². The fraction of sp³-hybridized carbons (Fsp3) is 0.543. The third-order valence-corrected chi connectivity index (χ3v) is 8.98. The van der Waals surface area contributed by atoms with Gasteiger partial charge < -0.3 is 24.4 Å². The van der Waals surface area contributed by atoms with E-state index in [0.717, 1.165) is 79.3 Å². The molecule has 44 heavy (non-hydrogen) atoms. The number of carboxylic acid groups (broad SMARTS) is 1. The lowest BCUT2D eigenvalue weighted by molar-refractivity contribution is -0.160. The number of fused-ring (bicyclic) bond motifs is 1. The van der Waals surface area contributed by atoms with Gasteiger partial charge in [-0.05, 0) is 82.9 Å². The van der Waals surface area contributed by atoms with Crippen LogP contribution in [0.5, 0.6) is 5.88 Å². The van der Waals surface area contributed by atoms with Gasteiger partial charge in [0.2, 0.25) is 5.88 Å².